The maximum Gasteiger partial charge on any atom is 0.231 e. The molecule has 0 spiro atoms. The molecule has 0 atom stereocenters. The van der Waals surface area contributed by atoms with E-state index in [9.17, 15) is 4.79 Å². The standard InChI is InChI=1S/C17H17N7O3/c25-17(6-12-1-2-15-16(5-12)27-11-26-15)22-9-14(10-22)23-7-13(20-21-23)8-24-18-3-4-19-24/h1-5,7,14H,6,8-11H2. The Morgan fingerprint density at radius 2 is 1.96 bits per heavy atom. The summed E-state index contributed by atoms with van der Waals surface area (Å²) in [6.45, 7) is 1.97. The van der Waals surface area contributed by atoms with Gasteiger partial charge in [-0.05, 0) is 17.7 Å². The number of aromatic nitrogens is 6. The van der Waals surface area contributed by atoms with Crippen molar-refractivity contribution in [1.29, 1.82) is 0 Å². The van der Waals surface area contributed by atoms with Gasteiger partial charge in [-0.1, -0.05) is 11.3 Å². The van der Waals surface area contributed by atoms with Gasteiger partial charge in [-0.15, -0.1) is 5.10 Å². The van der Waals surface area contributed by atoms with Crippen molar-refractivity contribution in [3.63, 3.8) is 0 Å². The molecule has 3 aromatic rings. The smallest absolute Gasteiger partial charge is 0.231 e. The van der Waals surface area contributed by atoms with Gasteiger partial charge in [0.05, 0.1) is 31.1 Å². The average molecular weight is 367 g/mol. The summed E-state index contributed by atoms with van der Waals surface area (Å²) >= 11 is 0. The summed E-state index contributed by atoms with van der Waals surface area (Å²) in [6, 6.07) is 5.76. The molecule has 0 radical (unpaired) electrons. The highest BCUT2D eigenvalue weighted by molar-refractivity contribution is 5.79. The number of carbonyl (C=O) groups is 1. The molecule has 1 saturated heterocycles. The topological polar surface area (TPSA) is 100 Å². The second-order valence-electron chi connectivity index (χ2n) is 6.57. The third-order valence-corrected chi connectivity index (χ3v) is 4.71. The van der Waals surface area contributed by atoms with E-state index in [0.717, 1.165) is 17.0 Å². The number of benzene rings is 1. The van der Waals surface area contributed by atoms with E-state index >= 15 is 0 Å². The summed E-state index contributed by atoms with van der Waals surface area (Å²) < 4.78 is 12.5. The molecule has 138 valence electrons. The normalized spacial score (nSPS) is 15.8. The van der Waals surface area contributed by atoms with E-state index in [1.54, 1.807) is 17.2 Å². The molecule has 27 heavy (non-hydrogen) atoms. The highest BCUT2D eigenvalue weighted by Crippen LogP contribution is 2.33. The predicted molar refractivity (Wildman–Crippen MR) is 91.0 cm³/mol. The minimum Gasteiger partial charge on any atom is -0.454 e. The van der Waals surface area contributed by atoms with Gasteiger partial charge in [0, 0.05) is 13.1 Å². The van der Waals surface area contributed by atoms with Crippen molar-refractivity contribution in [2.45, 2.75) is 19.0 Å². The van der Waals surface area contributed by atoms with E-state index in [-0.39, 0.29) is 18.7 Å². The molecule has 4 heterocycles. The Hall–Kier alpha value is -3.43. The molecular formula is C17H17N7O3. The number of likely N-dealkylation sites (tertiary alicyclic amines) is 1. The minimum absolute atomic E-state index is 0.0891. The molecule has 5 rings (SSSR count). The molecule has 1 fully saturated rings. The third kappa shape index (κ3) is 3.09. The lowest BCUT2D eigenvalue weighted by atomic mass is 10.1. The van der Waals surface area contributed by atoms with Gasteiger partial charge in [0.1, 0.15) is 12.2 Å². The number of hydrogen-bond acceptors (Lipinski definition) is 7. The van der Waals surface area contributed by atoms with Gasteiger partial charge < -0.3 is 14.4 Å². The summed E-state index contributed by atoms with van der Waals surface area (Å²) in [5.74, 6) is 1.51. The SMILES string of the molecule is O=C(Cc1ccc2c(c1)OCO2)N1CC(n2cc(Cn3nccn3)nn2)C1. The van der Waals surface area contributed by atoms with Crippen LogP contribution in [0.5, 0.6) is 11.5 Å². The van der Waals surface area contributed by atoms with Crippen LogP contribution < -0.4 is 9.47 Å². The number of carbonyl (C=O) groups excluding carboxylic acids is 1. The summed E-state index contributed by atoms with van der Waals surface area (Å²) in [7, 11) is 0. The summed E-state index contributed by atoms with van der Waals surface area (Å²) in [6.07, 6.45) is 5.48. The van der Waals surface area contributed by atoms with Crippen LogP contribution in [0.15, 0.2) is 36.8 Å². The molecule has 0 aliphatic carbocycles. The lowest BCUT2D eigenvalue weighted by Crippen LogP contribution is -2.51. The molecule has 0 bridgehead atoms. The minimum atomic E-state index is 0.0891. The first-order valence-corrected chi connectivity index (χ1v) is 8.66. The maximum absolute atomic E-state index is 12.5. The van der Waals surface area contributed by atoms with Crippen LogP contribution in [-0.4, -0.2) is 60.7 Å². The Balaban J connectivity index is 1.16. The van der Waals surface area contributed by atoms with Crippen LogP contribution in [0, 0.1) is 0 Å². The Kier molecular flexibility index (Phi) is 3.73. The molecule has 2 aliphatic rings. The van der Waals surface area contributed by atoms with Crippen molar-refractivity contribution >= 4 is 5.91 Å². The first-order valence-electron chi connectivity index (χ1n) is 8.66. The van der Waals surface area contributed by atoms with Crippen molar-refractivity contribution in [1.82, 2.24) is 34.9 Å². The van der Waals surface area contributed by atoms with Gasteiger partial charge >= 0.3 is 0 Å². The molecule has 2 aromatic heterocycles. The zero-order valence-electron chi connectivity index (χ0n) is 14.4. The summed E-state index contributed by atoms with van der Waals surface area (Å²) in [5.41, 5.74) is 1.71. The summed E-state index contributed by atoms with van der Waals surface area (Å²) in [4.78, 5) is 15.9. The highest BCUT2D eigenvalue weighted by Gasteiger charge is 2.32. The molecule has 0 N–H and O–H groups in total. The zero-order valence-corrected chi connectivity index (χ0v) is 14.4. The van der Waals surface area contributed by atoms with Crippen LogP contribution >= 0.6 is 0 Å². The second-order valence-corrected chi connectivity index (χ2v) is 6.57. The highest BCUT2D eigenvalue weighted by atomic mass is 16.7. The fraction of sp³-hybridized carbons (Fsp3) is 0.353. The average Bonchev–Trinajstić information content (AvgIpc) is 3.35. The van der Waals surface area contributed by atoms with Gasteiger partial charge in [-0.2, -0.15) is 15.0 Å². The van der Waals surface area contributed by atoms with Gasteiger partial charge in [0.2, 0.25) is 12.7 Å². The van der Waals surface area contributed by atoms with E-state index in [0.29, 0.717) is 31.8 Å². The molecular weight excluding hydrogens is 350 g/mol. The van der Waals surface area contributed by atoms with E-state index in [1.165, 1.54) is 0 Å². The molecule has 10 nitrogen and oxygen atoms in total. The van der Waals surface area contributed by atoms with Gasteiger partial charge in [0.15, 0.2) is 11.5 Å². The first-order chi connectivity index (χ1) is 13.2. The van der Waals surface area contributed by atoms with Crippen LogP contribution in [0.4, 0.5) is 0 Å². The first kappa shape index (κ1) is 15.8. The molecule has 10 heteroatoms. The number of ether oxygens (including phenoxy) is 2. The summed E-state index contributed by atoms with van der Waals surface area (Å²) in [5, 5.41) is 16.4. The van der Waals surface area contributed by atoms with Gasteiger partial charge in [-0.25, -0.2) is 4.68 Å². The third-order valence-electron chi connectivity index (χ3n) is 4.71. The van der Waals surface area contributed by atoms with Crippen molar-refractivity contribution < 1.29 is 14.3 Å². The number of amides is 1. The largest absolute Gasteiger partial charge is 0.454 e. The fourth-order valence-corrected chi connectivity index (χ4v) is 3.20. The monoisotopic (exact) mass is 367 g/mol. The Bertz CT molecular complexity index is 963. The van der Waals surface area contributed by atoms with Crippen molar-refractivity contribution in [2.75, 3.05) is 19.9 Å². The molecule has 1 aromatic carbocycles. The van der Waals surface area contributed by atoms with Crippen molar-refractivity contribution in [3.8, 4) is 11.5 Å². The molecule has 0 saturated carbocycles. The number of hydrogen-bond donors (Lipinski definition) is 0. The van der Waals surface area contributed by atoms with Gasteiger partial charge in [-0.3, -0.25) is 4.79 Å². The predicted octanol–water partition coefficient (Wildman–Crippen LogP) is 0.273. The second kappa shape index (κ2) is 6.38. The lowest BCUT2D eigenvalue weighted by molar-refractivity contribution is -0.136. The van der Waals surface area contributed by atoms with Crippen LogP contribution in [0.3, 0.4) is 0 Å². The number of fused-ring (bicyclic) bond motifs is 1. The number of nitrogens with zero attached hydrogens (tertiary/aromatic N) is 7. The lowest BCUT2D eigenvalue weighted by Gasteiger charge is -2.39. The van der Waals surface area contributed by atoms with E-state index < -0.39 is 0 Å². The van der Waals surface area contributed by atoms with E-state index in [1.807, 2.05) is 34.0 Å². The van der Waals surface area contributed by atoms with E-state index in [4.69, 9.17) is 9.47 Å². The quantitative estimate of drug-likeness (QED) is 0.638. The van der Waals surface area contributed by atoms with Crippen LogP contribution in [0.1, 0.15) is 17.3 Å². The molecule has 2 aliphatic heterocycles. The maximum atomic E-state index is 12.5. The Morgan fingerprint density at radius 1 is 1.15 bits per heavy atom. The Labute approximate surface area is 154 Å². The Morgan fingerprint density at radius 3 is 2.81 bits per heavy atom. The van der Waals surface area contributed by atoms with Crippen molar-refractivity contribution in [3.05, 3.63) is 48.0 Å². The van der Waals surface area contributed by atoms with Crippen LogP contribution in [-0.2, 0) is 17.8 Å². The number of rotatable bonds is 5. The molecule has 1 amide bonds. The van der Waals surface area contributed by atoms with Crippen LogP contribution in [0.25, 0.3) is 0 Å². The van der Waals surface area contributed by atoms with Crippen LogP contribution in [0.2, 0.25) is 0 Å². The zero-order chi connectivity index (χ0) is 18.2. The van der Waals surface area contributed by atoms with Gasteiger partial charge in [0.25, 0.3) is 0 Å². The fourth-order valence-electron chi connectivity index (χ4n) is 3.20. The van der Waals surface area contributed by atoms with E-state index in [2.05, 4.69) is 20.5 Å². The molecule has 0 unspecified atom stereocenters. The van der Waals surface area contributed by atoms with Crippen molar-refractivity contribution in [2.24, 2.45) is 0 Å².